The van der Waals surface area contributed by atoms with Gasteiger partial charge in [0.15, 0.2) is 0 Å². The Kier molecular flexibility index (Phi) is 8.18. The number of nitrogens with zero attached hydrogens (tertiary/aromatic N) is 3. The van der Waals surface area contributed by atoms with Crippen LogP contribution >= 0.6 is 0 Å². The molecule has 2 aromatic rings. The summed E-state index contributed by atoms with van der Waals surface area (Å²) in [5, 5.41) is 14.7. The fourth-order valence-electron chi connectivity index (χ4n) is 5.95. The Morgan fingerprint density at radius 2 is 1.79 bits per heavy atom. The predicted molar refractivity (Wildman–Crippen MR) is 147 cm³/mol. The smallest absolute Gasteiger partial charge is 0.410 e. The van der Waals surface area contributed by atoms with Gasteiger partial charge in [0.05, 0.1) is 18.2 Å². The van der Waals surface area contributed by atoms with E-state index < -0.39 is 17.8 Å². The third-order valence-corrected chi connectivity index (χ3v) is 7.54. The lowest BCUT2D eigenvalue weighted by Gasteiger charge is -2.40. The molecule has 1 aromatic carbocycles. The number of rotatable bonds is 7. The van der Waals surface area contributed by atoms with Crippen LogP contribution in [0.15, 0.2) is 35.1 Å². The molecule has 0 spiro atoms. The Labute approximate surface area is 224 Å². The number of para-hydroxylation sites is 1. The van der Waals surface area contributed by atoms with Crippen LogP contribution in [0.5, 0.6) is 0 Å². The van der Waals surface area contributed by atoms with Crippen LogP contribution in [0.4, 0.5) is 4.79 Å². The van der Waals surface area contributed by atoms with Gasteiger partial charge in [0.1, 0.15) is 11.2 Å². The minimum atomic E-state index is -0.700. The lowest BCUT2D eigenvalue weighted by Crippen LogP contribution is -2.53. The second-order valence-corrected chi connectivity index (χ2v) is 12.1. The van der Waals surface area contributed by atoms with Crippen molar-refractivity contribution in [3.63, 3.8) is 0 Å². The van der Waals surface area contributed by atoms with Gasteiger partial charge in [0, 0.05) is 37.8 Å². The molecule has 2 amide bonds. The van der Waals surface area contributed by atoms with Crippen LogP contribution in [-0.2, 0) is 4.74 Å². The quantitative estimate of drug-likeness (QED) is 0.572. The number of fused-ring (bicyclic) bond motifs is 3. The Balaban J connectivity index is 1.38. The molecule has 0 aliphatic carbocycles. The van der Waals surface area contributed by atoms with E-state index in [0.29, 0.717) is 6.54 Å². The van der Waals surface area contributed by atoms with E-state index in [2.05, 4.69) is 10.2 Å². The largest absolute Gasteiger partial charge is 0.444 e. The van der Waals surface area contributed by atoms with Crippen molar-refractivity contribution in [2.75, 3.05) is 20.1 Å². The van der Waals surface area contributed by atoms with Gasteiger partial charge < -0.3 is 24.6 Å². The van der Waals surface area contributed by atoms with Crippen LogP contribution in [0.2, 0.25) is 0 Å². The fraction of sp³-hybridized carbons (Fsp3) is 0.621. The average Bonchev–Trinajstić information content (AvgIpc) is 3.04. The summed E-state index contributed by atoms with van der Waals surface area (Å²) >= 11 is 0. The average molecular weight is 527 g/mol. The monoisotopic (exact) mass is 526 g/mol. The molecule has 1 aromatic heterocycles. The molecule has 208 valence electrons. The topological polar surface area (TPSA) is 104 Å². The SMILES string of the molecule is CC(C)n1c(=O)c(C(=O)N[C@H]2C[C@H]3CC[C@@H](C2)N3C[C@H](O)CN(C)C(=O)OC(C)(C)C)cc2ccccc21. The summed E-state index contributed by atoms with van der Waals surface area (Å²) in [6.45, 7) is 9.99. The van der Waals surface area contributed by atoms with E-state index in [1.165, 1.54) is 4.90 Å². The Morgan fingerprint density at radius 1 is 1.16 bits per heavy atom. The molecule has 38 heavy (non-hydrogen) atoms. The third kappa shape index (κ3) is 6.21. The van der Waals surface area contributed by atoms with Crippen LogP contribution in [0.1, 0.15) is 76.7 Å². The number of aromatic nitrogens is 1. The molecule has 2 N–H and O–H groups in total. The lowest BCUT2D eigenvalue weighted by atomic mass is 9.96. The molecule has 2 saturated heterocycles. The molecule has 4 rings (SSSR count). The van der Waals surface area contributed by atoms with Crippen LogP contribution < -0.4 is 10.9 Å². The lowest BCUT2D eigenvalue weighted by molar-refractivity contribution is 0.00914. The Bertz CT molecular complexity index is 1220. The van der Waals surface area contributed by atoms with Gasteiger partial charge in [0.2, 0.25) is 0 Å². The molecule has 2 bridgehead atoms. The highest BCUT2D eigenvalue weighted by Gasteiger charge is 2.42. The van der Waals surface area contributed by atoms with Gasteiger partial charge in [-0.05, 0) is 77.8 Å². The Hall–Kier alpha value is -2.91. The molecule has 0 radical (unpaired) electrons. The number of carbonyl (C=O) groups is 2. The van der Waals surface area contributed by atoms with Crippen molar-refractivity contribution >= 4 is 22.9 Å². The molecule has 2 aliphatic heterocycles. The minimum Gasteiger partial charge on any atom is -0.444 e. The summed E-state index contributed by atoms with van der Waals surface area (Å²) in [6.07, 6.45) is 2.38. The van der Waals surface area contributed by atoms with Gasteiger partial charge in [-0.2, -0.15) is 0 Å². The van der Waals surface area contributed by atoms with Crippen molar-refractivity contribution in [1.82, 2.24) is 19.7 Å². The number of aliphatic hydroxyl groups is 1. The molecule has 0 unspecified atom stereocenters. The van der Waals surface area contributed by atoms with Gasteiger partial charge in [0.25, 0.3) is 11.5 Å². The standard InChI is InChI=1S/C29H42N4O5/c1-18(2)33-25-10-8-7-9-19(25)13-24(27(33)36)26(35)30-20-14-21-11-12-22(15-20)32(21)17-23(34)16-31(6)28(37)38-29(3,4)5/h7-10,13,18,20-23,34H,11-12,14-17H2,1-6H3,(H,30,35)/t20-,21+,22-,23-/m1/s1. The molecule has 9 nitrogen and oxygen atoms in total. The highest BCUT2D eigenvalue weighted by atomic mass is 16.6. The normalized spacial score (nSPS) is 22.5. The summed E-state index contributed by atoms with van der Waals surface area (Å²) in [4.78, 5) is 42.6. The predicted octanol–water partition coefficient (Wildman–Crippen LogP) is 3.54. The zero-order valence-corrected chi connectivity index (χ0v) is 23.4. The highest BCUT2D eigenvalue weighted by Crippen LogP contribution is 2.36. The van der Waals surface area contributed by atoms with E-state index in [0.717, 1.165) is 36.6 Å². The van der Waals surface area contributed by atoms with E-state index in [1.54, 1.807) is 17.7 Å². The number of piperidine rings is 1. The number of pyridine rings is 1. The molecule has 3 heterocycles. The van der Waals surface area contributed by atoms with Gasteiger partial charge in [-0.25, -0.2) is 4.79 Å². The number of benzene rings is 1. The summed E-state index contributed by atoms with van der Waals surface area (Å²) in [5.41, 5.74) is 0.143. The zero-order valence-electron chi connectivity index (χ0n) is 23.4. The molecule has 2 aliphatic rings. The second-order valence-electron chi connectivity index (χ2n) is 12.1. The molecule has 2 fully saturated rings. The van der Waals surface area contributed by atoms with E-state index in [1.807, 2.05) is 58.9 Å². The van der Waals surface area contributed by atoms with E-state index >= 15 is 0 Å². The number of amides is 2. The first-order chi connectivity index (χ1) is 17.8. The summed E-state index contributed by atoms with van der Waals surface area (Å²) in [7, 11) is 1.63. The summed E-state index contributed by atoms with van der Waals surface area (Å²) < 4.78 is 7.07. The minimum absolute atomic E-state index is 0.0313. The van der Waals surface area contributed by atoms with Crippen LogP contribution in [0, 0.1) is 0 Å². The van der Waals surface area contributed by atoms with Crippen molar-refractivity contribution in [3.05, 3.63) is 46.2 Å². The first kappa shape index (κ1) is 28.1. The summed E-state index contributed by atoms with van der Waals surface area (Å²) in [6, 6.07) is 9.72. The number of hydrogen-bond donors (Lipinski definition) is 2. The number of carbonyl (C=O) groups excluding carboxylic acids is 2. The molecule has 9 heteroatoms. The third-order valence-electron chi connectivity index (χ3n) is 7.54. The second kappa shape index (κ2) is 11.1. The van der Waals surface area contributed by atoms with Crippen molar-refractivity contribution < 1.29 is 19.4 Å². The maximum Gasteiger partial charge on any atom is 0.410 e. The van der Waals surface area contributed by atoms with Gasteiger partial charge in [-0.1, -0.05) is 18.2 Å². The number of likely N-dealkylation sites (N-methyl/N-ethyl adjacent to an activating group) is 1. The molecule has 4 atom stereocenters. The van der Waals surface area contributed by atoms with Crippen molar-refractivity contribution in [2.24, 2.45) is 0 Å². The summed E-state index contributed by atoms with van der Waals surface area (Å²) in [5.74, 6) is -0.327. The van der Waals surface area contributed by atoms with E-state index in [-0.39, 0.29) is 47.7 Å². The zero-order chi connectivity index (χ0) is 27.8. The Morgan fingerprint density at radius 3 is 2.39 bits per heavy atom. The van der Waals surface area contributed by atoms with Crippen LogP contribution in [-0.4, -0.2) is 81.4 Å². The van der Waals surface area contributed by atoms with E-state index in [9.17, 15) is 19.5 Å². The van der Waals surface area contributed by atoms with Gasteiger partial charge >= 0.3 is 6.09 Å². The highest BCUT2D eigenvalue weighted by molar-refractivity contribution is 5.97. The number of ether oxygens (including phenoxy) is 1. The van der Waals surface area contributed by atoms with Gasteiger partial charge in [-0.3, -0.25) is 14.5 Å². The number of nitrogens with one attached hydrogen (secondary N) is 1. The number of aliphatic hydroxyl groups excluding tert-OH is 1. The van der Waals surface area contributed by atoms with Crippen molar-refractivity contribution in [1.29, 1.82) is 0 Å². The van der Waals surface area contributed by atoms with Crippen molar-refractivity contribution in [2.45, 2.75) is 96.2 Å². The van der Waals surface area contributed by atoms with E-state index in [4.69, 9.17) is 4.74 Å². The molecular formula is C29H42N4O5. The maximum atomic E-state index is 13.3. The molecular weight excluding hydrogens is 484 g/mol. The number of hydrogen-bond acceptors (Lipinski definition) is 6. The molecule has 0 saturated carbocycles. The first-order valence-electron chi connectivity index (χ1n) is 13.7. The maximum absolute atomic E-state index is 13.3. The van der Waals surface area contributed by atoms with Crippen molar-refractivity contribution in [3.8, 4) is 0 Å². The van der Waals surface area contributed by atoms with Crippen LogP contribution in [0.25, 0.3) is 10.9 Å². The first-order valence-corrected chi connectivity index (χ1v) is 13.7. The fourth-order valence-corrected chi connectivity index (χ4v) is 5.95. The van der Waals surface area contributed by atoms with Gasteiger partial charge in [-0.15, -0.1) is 0 Å². The van der Waals surface area contributed by atoms with Crippen LogP contribution in [0.3, 0.4) is 0 Å².